The lowest BCUT2D eigenvalue weighted by Crippen LogP contribution is -2.23. The summed E-state index contributed by atoms with van der Waals surface area (Å²) in [6, 6.07) is 6.96. The molecular weight excluding hydrogens is 357 g/mol. The number of hydrogen-bond acceptors (Lipinski definition) is 3. The van der Waals surface area contributed by atoms with Gasteiger partial charge in [0.1, 0.15) is 11.6 Å². The quantitative estimate of drug-likeness (QED) is 0.648. The fourth-order valence-corrected chi connectivity index (χ4v) is 4.00. The number of H-pyrrole nitrogens is 1. The molecule has 0 unspecified atom stereocenters. The number of halogens is 1. The Balaban J connectivity index is 1.63. The van der Waals surface area contributed by atoms with E-state index in [2.05, 4.69) is 15.3 Å². The van der Waals surface area contributed by atoms with Gasteiger partial charge in [-0.2, -0.15) is 0 Å². The van der Waals surface area contributed by atoms with E-state index in [1.165, 1.54) is 25.3 Å². The van der Waals surface area contributed by atoms with Crippen LogP contribution in [0.25, 0.3) is 11.3 Å². The fourth-order valence-electron chi connectivity index (χ4n) is 4.00. The molecule has 2 heterocycles. The Morgan fingerprint density at radius 3 is 2.75 bits per heavy atom. The molecule has 3 aromatic rings. The van der Waals surface area contributed by atoms with Crippen LogP contribution in [0.3, 0.4) is 0 Å². The summed E-state index contributed by atoms with van der Waals surface area (Å²) in [7, 11) is 0. The lowest BCUT2D eigenvalue weighted by molar-refractivity contribution is 0.462. The molecule has 1 aliphatic rings. The van der Waals surface area contributed by atoms with Crippen molar-refractivity contribution in [1.82, 2.24) is 19.1 Å². The molecule has 1 saturated carbocycles. The monoisotopic (exact) mass is 383 g/mol. The van der Waals surface area contributed by atoms with Crippen molar-refractivity contribution in [2.24, 2.45) is 0 Å². The highest BCUT2D eigenvalue weighted by Gasteiger charge is 2.22. The zero-order valence-electron chi connectivity index (χ0n) is 15.9. The predicted molar refractivity (Wildman–Crippen MR) is 108 cm³/mol. The molecule has 2 N–H and O–H groups in total. The molecule has 6 nitrogen and oxygen atoms in total. The van der Waals surface area contributed by atoms with Gasteiger partial charge in [0.25, 0.3) is 0 Å². The van der Waals surface area contributed by atoms with E-state index in [4.69, 9.17) is 0 Å². The molecule has 1 fully saturated rings. The molecule has 0 radical (unpaired) electrons. The summed E-state index contributed by atoms with van der Waals surface area (Å²) in [5.74, 6) is 0.307. The van der Waals surface area contributed by atoms with Crippen LogP contribution in [0.15, 0.2) is 47.8 Å². The Bertz CT molecular complexity index is 954. The maximum atomic E-state index is 14.6. The maximum absolute atomic E-state index is 14.6. The van der Waals surface area contributed by atoms with Crippen molar-refractivity contribution in [3.63, 3.8) is 0 Å². The van der Waals surface area contributed by atoms with Crippen LogP contribution >= 0.6 is 0 Å². The van der Waals surface area contributed by atoms with E-state index < -0.39 is 0 Å². The number of hydrogen-bond donors (Lipinski definition) is 2. The first-order valence-electron chi connectivity index (χ1n) is 10.0. The Hall–Kier alpha value is -2.83. The minimum atomic E-state index is -0.323. The second-order valence-electron chi connectivity index (χ2n) is 7.42. The van der Waals surface area contributed by atoms with Crippen molar-refractivity contribution < 1.29 is 4.39 Å². The summed E-state index contributed by atoms with van der Waals surface area (Å²) >= 11 is 0. The van der Waals surface area contributed by atoms with Gasteiger partial charge in [0.2, 0.25) is 0 Å². The maximum Gasteiger partial charge on any atom is 0.327 e. The highest BCUT2D eigenvalue weighted by Crippen LogP contribution is 2.30. The van der Waals surface area contributed by atoms with Crippen LogP contribution in [0.2, 0.25) is 0 Å². The van der Waals surface area contributed by atoms with Gasteiger partial charge in [-0.1, -0.05) is 31.4 Å². The van der Waals surface area contributed by atoms with Crippen LogP contribution in [0, 0.1) is 5.82 Å². The molecule has 0 spiro atoms. The third-order valence-corrected chi connectivity index (χ3v) is 5.42. The van der Waals surface area contributed by atoms with Crippen LogP contribution in [-0.4, -0.2) is 25.1 Å². The molecule has 148 valence electrons. The highest BCUT2D eigenvalue weighted by molar-refractivity contribution is 5.73. The van der Waals surface area contributed by atoms with Crippen LogP contribution in [-0.2, 0) is 13.1 Å². The molecule has 0 atom stereocenters. The molecule has 0 bridgehead atoms. The largest absolute Gasteiger partial charge is 0.367 e. The topological polar surface area (TPSA) is 67.6 Å². The second kappa shape index (κ2) is 8.46. The van der Waals surface area contributed by atoms with E-state index in [0.29, 0.717) is 29.7 Å². The summed E-state index contributed by atoms with van der Waals surface area (Å²) in [5, 5.41) is 3.48. The number of imidazole rings is 2. The number of rotatable bonds is 7. The average Bonchev–Trinajstić information content (AvgIpc) is 3.32. The Kier molecular flexibility index (Phi) is 5.60. The van der Waals surface area contributed by atoms with Gasteiger partial charge in [0.15, 0.2) is 0 Å². The molecule has 1 aromatic carbocycles. The first kappa shape index (κ1) is 18.5. The van der Waals surface area contributed by atoms with Crippen LogP contribution < -0.4 is 11.0 Å². The number of aryl methyl sites for hydroxylation is 1. The Morgan fingerprint density at radius 1 is 1.18 bits per heavy atom. The van der Waals surface area contributed by atoms with E-state index in [9.17, 15) is 9.18 Å². The lowest BCUT2D eigenvalue weighted by Gasteiger charge is -2.24. The zero-order chi connectivity index (χ0) is 19.3. The predicted octanol–water partition coefficient (Wildman–Crippen LogP) is 4.01. The van der Waals surface area contributed by atoms with Gasteiger partial charge >= 0.3 is 5.69 Å². The van der Waals surface area contributed by atoms with Crippen molar-refractivity contribution in [2.45, 2.75) is 57.7 Å². The molecule has 4 rings (SSSR count). The van der Waals surface area contributed by atoms with Gasteiger partial charge in [-0.3, -0.25) is 9.55 Å². The van der Waals surface area contributed by atoms with Gasteiger partial charge < -0.3 is 9.88 Å². The van der Waals surface area contributed by atoms with Gasteiger partial charge in [-0.25, -0.2) is 14.2 Å². The van der Waals surface area contributed by atoms with Crippen LogP contribution in [0.5, 0.6) is 0 Å². The van der Waals surface area contributed by atoms with Crippen molar-refractivity contribution >= 4 is 5.82 Å². The van der Waals surface area contributed by atoms with E-state index in [1.807, 2.05) is 10.8 Å². The summed E-state index contributed by atoms with van der Waals surface area (Å²) in [5.41, 5.74) is 0.850. The second-order valence-corrected chi connectivity index (χ2v) is 7.42. The number of aromatic amines is 1. The average molecular weight is 383 g/mol. The van der Waals surface area contributed by atoms with E-state index in [0.717, 1.165) is 25.8 Å². The number of anilines is 1. The normalized spacial score (nSPS) is 15.0. The van der Waals surface area contributed by atoms with E-state index in [1.54, 1.807) is 35.3 Å². The minimum absolute atomic E-state index is 0.206. The molecule has 7 heteroatoms. The Labute approximate surface area is 163 Å². The first-order valence-corrected chi connectivity index (χ1v) is 10.0. The molecule has 2 aromatic heterocycles. The number of benzene rings is 1. The van der Waals surface area contributed by atoms with Gasteiger partial charge in [-0.15, -0.1) is 0 Å². The zero-order valence-corrected chi connectivity index (χ0v) is 15.9. The third kappa shape index (κ3) is 4.03. The summed E-state index contributed by atoms with van der Waals surface area (Å²) in [4.78, 5) is 19.7. The molecule has 28 heavy (non-hydrogen) atoms. The highest BCUT2D eigenvalue weighted by atomic mass is 19.1. The van der Waals surface area contributed by atoms with E-state index in [-0.39, 0.29) is 11.5 Å². The summed E-state index contributed by atoms with van der Waals surface area (Å²) in [6.45, 7) is 1.25. The van der Waals surface area contributed by atoms with Gasteiger partial charge in [0, 0.05) is 37.1 Å². The smallest absolute Gasteiger partial charge is 0.327 e. The molecule has 0 aliphatic heterocycles. The lowest BCUT2D eigenvalue weighted by atomic mass is 9.95. The molecule has 1 aliphatic carbocycles. The van der Waals surface area contributed by atoms with Crippen molar-refractivity contribution in [2.75, 3.05) is 5.32 Å². The minimum Gasteiger partial charge on any atom is -0.367 e. The van der Waals surface area contributed by atoms with Crippen LogP contribution in [0.4, 0.5) is 10.2 Å². The van der Waals surface area contributed by atoms with E-state index >= 15 is 0 Å². The summed E-state index contributed by atoms with van der Waals surface area (Å²) in [6.07, 6.45) is 11.9. The standard InChI is InChI=1S/C21H26FN5O/c22-18-10-5-4-9-17(18)19-20(24-16-7-2-1-3-8-16)25-21(28)27(19)13-6-12-26-14-11-23-15-26/h4-5,9-11,14-16,24H,1-3,6-8,12-13H2,(H,25,28). The molecular formula is C21H26FN5O. The van der Waals surface area contributed by atoms with Crippen LogP contribution in [0.1, 0.15) is 38.5 Å². The fraction of sp³-hybridized carbons (Fsp3) is 0.429. The number of aromatic nitrogens is 4. The van der Waals surface area contributed by atoms with Crippen molar-refractivity contribution in [1.29, 1.82) is 0 Å². The summed E-state index contributed by atoms with van der Waals surface area (Å²) < 4.78 is 18.2. The van der Waals surface area contributed by atoms with Gasteiger partial charge in [-0.05, 0) is 31.4 Å². The van der Waals surface area contributed by atoms with Crippen molar-refractivity contribution in [3.8, 4) is 11.3 Å². The first-order chi connectivity index (χ1) is 13.7. The number of nitrogens with zero attached hydrogens (tertiary/aromatic N) is 3. The Morgan fingerprint density at radius 2 is 2.00 bits per heavy atom. The SMILES string of the molecule is O=c1[nH]c(NC2CCCCC2)c(-c2ccccc2F)n1CCCn1ccnc1. The number of nitrogens with one attached hydrogen (secondary N) is 2. The third-order valence-electron chi connectivity index (χ3n) is 5.42. The van der Waals surface area contributed by atoms with Gasteiger partial charge in [0.05, 0.1) is 12.0 Å². The molecule has 0 saturated heterocycles. The molecule has 0 amide bonds. The van der Waals surface area contributed by atoms with Crippen molar-refractivity contribution in [3.05, 3.63) is 59.3 Å².